The van der Waals surface area contributed by atoms with Crippen molar-refractivity contribution in [1.29, 1.82) is 0 Å². The second-order valence-electron chi connectivity index (χ2n) is 7.10. The number of hydrogen-bond acceptors (Lipinski definition) is 6. The summed E-state index contributed by atoms with van der Waals surface area (Å²) in [6.45, 7) is 5.35. The molecular formula is C18H24N4O3S. The van der Waals surface area contributed by atoms with Gasteiger partial charge in [-0.05, 0) is 31.7 Å². The van der Waals surface area contributed by atoms with Crippen LogP contribution in [0, 0.1) is 12.8 Å². The maximum atomic E-state index is 12.6. The third-order valence-corrected chi connectivity index (χ3v) is 6.19. The van der Waals surface area contributed by atoms with Crippen molar-refractivity contribution in [3.8, 4) is 0 Å². The molecule has 2 fully saturated rings. The van der Waals surface area contributed by atoms with Crippen LogP contribution in [0.5, 0.6) is 0 Å². The molecule has 2 aliphatic rings. The van der Waals surface area contributed by atoms with Gasteiger partial charge in [-0.2, -0.15) is 5.10 Å². The van der Waals surface area contributed by atoms with E-state index < -0.39 is 0 Å². The first kappa shape index (κ1) is 17.6. The number of carbonyl (C=O) groups excluding carboxylic acids is 1. The number of thiazole rings is 1. The molecule has 4 rings (SSSR count). The lowest BCUT2D eigenvalue weighted by molar-refractivity contribution is -0.121. The third-order valence-electron chi connectivity index (χ3n) is 5.37. The zero-order valence-corrected chi connectivity index (χ0v) is 16.0. The fourth-order valence-electron chi connectivity index (χ4n) is 3.91. The Morgan fingerprint density at radius 3 is 3.04 bits per heavy atom. The van der Waals surface area contributed by atoms with E-state index in [2.05, 4.69) is 10.1 Å². The van der Waals surface area contributed by atoms with Crippen LogP contribution < -0.4 is 0 Å². The number of ether oxygens (including phenoxy) is 2. The molecule has 8 heteroatoms. The number of nitrogens with zero attached hydrogens (tertiary/aromatic N) is 4. The van der Waals surface area contributed by atoms with E-state index in [0.29, 0.717) is 37.9 Å². The van der Waals surface area contributed by atoms with Crippen molar-refractivity contribution in [3.05, 3.63) is 34.0 Å². The first-order valence-electron chi connectivity index (χ1n) is 8.97. The Kier molecular flexibility index (Phi) is 4.81. The van der Waals surface area contributed by atoms with Crippen molar-refractivity contribution >= 4 is 17.2 Å². The van der Waals surface area contributed by atoms with E-state index in [-0.39, 0.29) is 11.5 Å². The Morgan fingerprint density at radius 2 is 2.35 bits per heavy atom. The molecule has 0 aliphatic carbocycles. The maximum Gasteiger partial charge on any atom is 0.272 e. The zero-order chi connectivity index (χ0) is 18.1. The number of aromatic nitrogens is 3. The highest BCUT2D eigenvalue weighted by Crippen LogP contribution is 2.42. The highest BCUT2D eigenvalue weighted by molar-refractivity contribution is 7.09. The molecule has 140 valence electrons. The summed E-state index contributed by atoms with van der Waals surface area (Å²) in [4.78, 5) is 18.8. The summed E-state index contributed by atoms with van der Waals surface area (Å²) in [5, 5.41) is 7.19. The Bertz CT molecular complexity index is 781. The van der Waals surface area contributed by atoms with Crippen molar-refractivity contribution in [3.63, 3.8) is 0 Å². The molecule has 0 unspecified atom stereocenters. The normalized spacial score (nSPS) is 21.3. The van der Waals surface area contributed by atoms with E-state index in [1.165, 1.54) is 0 Å². The smallest absolute Gasteiger partial charge is 0.272 e. The number of carbonyl (C=O) groups is 1. The largest absolute Gasteiger partial charge is 0.375 e. The van der Waals surface area contributed by atoms with Gasteiger partial charge in [-0.3, -0.25) is 9.48 Å². The predicted molar refractivity (Wildman–Crippen MR) is 97.0 cm³/mol. The van der Waals surface area contributed by atoms with E-state index in [0.717, 1.165) is 30.2 Å². The Labute approximate surface area is 156 Å². The van der Waals surface area contributed by atoms with Crippen LogP contribution in [-0.4, -0.2) is 57.5 Å². The Morgan fingerprint density at radius 1 is 1.50 bits per heavy atom. The predicted octanol–water partition coefficient (Wildman–Crippen LogP) is 2.02. The maximum absolute atomic E-state index is 12.6. The van der Waals surface area contributed by atoms with Crippen LogP contribution in [0.2, 0.25) is 0 Å². The summed E-state index contributed by atoms with van der Waals surface area (Å²) in [5.41, 5.74) is 1.44. The highest BCUT2D eigenvalue weighted by atomic mass is 32.1. The molecule has 0 aromatic carbocycles. The molecule has 0 saturated carbocycles. The monoisotopic (exact) mass is 376 g/mol. The molecule has 26 heavy (non-hydrogen) atoms. The average Bonchev–Trinajstić information content (AvgIpc) is 3.29. The van der Waals surface area contributed by atoms with Crippen molar-refractivity contribution in [2.24, 2.45) is 13.0 Å². The molecule has 2 aromatic rings. The molecule has 4 heterocycles. The van der Waals surface area contributed by atoms with Gasteiger partial charge in [0.2, 0.25) is 0 Å². The molecular weight excluding hydrogens is 352 g/mol. The average molecular weight is 376 g/mol. The number of likely N-dealkylation sites (tertiary alicyclic amines) is 1. The molecule has 0 radical (unpaired) electrons. The van der Waals surface area contributed by atoms with Crippen molar-refractivity contribution in [1.82, 2.24) is 19.7 Å². The molecule has 1 atom stereocenters. The standard InChI is InChI=1S/C18H24N4O3S/c1-13-20-15(10-26-13)9-24-7-4-14-5-8-25-18(14)11-22(12-18)17(23)16-3-6-19-21(16)2/h3,6,10,14H,4-5,7-9,11-12H2,1-2H3/t14-/m0/s1. The lowest BCUT2D eigenvalue weighted by atomic mass is 9.79. The molecule has 2 aliphatic heterocycles. The minimum Gasteiger partial charge on any atom is -0.375 e. The highest BCUT2D eigenvalue weighted by Gasteiger charge is 2.54. The van der Waals surface area contributed by atoms with Gasteiger partial charge < -0.3 is 14.4 Å². The van der Waals surface area contributed by atoms with Crippen LogP contribution in [0.1, 0.15) is 34.0 Å². The quantitative estimate of drug-likeness (QED) is 0.722. The van der Waals surface area contributed by atoms with Gasteiger partial charge in [-0.25, -0.2) is 4.98 Å². The summed E-state index contributed by atoms with van der Waals surface area (Å²) >= 11 is 1.65. The van der Waals surface area contributed by atoms with Crippen LogP contribution >= 0.6 is 11.3 Å². The van der Waals surface area contributed by atoms with E-state index in [4.69, 9.17) is 9.47 Å². The SMILES string of the molecule is Cc1nc(COCC[C@H]2CCOC23CN(C(=O)c2ccnn2C)C3)cs1. The number of amides is 1. The zero-order valence-electron chi connectivity index (χ0n) is 15.2. The van der Waals surface area contributed by atoms with E-state index in [1.54, 1.807) is 35.3 Å². The van der Waals surface area contributed by atoms with Gasteiger partial charge in [0.05, 0.1) is 30.4 Å². The first-order chi connectivity index (χ1) is 12.6. The van der Waals surface area contributed by atoms with Gasteiger partial charge in [0.15, 0.2) is 0 Å². The van der Waals surface area contributed by atoms with Crippen LogP contribution in [0.3, 0.4) is 0 Å². The molecule has 7 nitrogen and oxygen atoms in total. The molecule has 2 aromatic heterocycles. The number of hydrogen-bond donors (Lipinski definition) is 0. The fraction of sp³-hybridized carbons (Fsp3) is 0.611. The third kappa shape index (κ3) is 3.28. The number of rotatable bonds is 6. The van der Waals surface area contributed by atoms with Gasteiger partial charge in [-0.1, -0.05) is 0 Å². The van der Waals surface area contributed by atoms with E-state index in [9.17, 15) is 4.79 Å². The molecule has 0 N–H and O–H groups in total. The van der Waals surface area contributed by atoms with Crippen LogP contribution in [-0.2, 0) is 23.1 Å². The molecule has 1 amide bonds. The minimum absolute atomic E-state index is 0.0278. The topological polar surface area (TPSA) is 69.5 Å². The summed E-state index contributed by atoms with van der Waals surface area (Å²) in [6, 6.07) is 1.76. The van der Waals surface area contributed by atoms with Crippen LogP contribution in [0.4, 0.5) is 0 Å². The van der Waals surface area contributed by atoms with Gasteiger partial charge in [0.25, 0.3) is 5.91 Å². The van der Waals surface area contributed by atoms with E-state index in [1.807, 2.05) is 17.2 Å². The van der Waals surface area contributed by atoms with Crippen LogP contribution in [0.15, 0.2) is 17.6 Å². The summed E-state index contributed by atoms with van der Waals surface area (Å²) in [7, 11) is 1.79. The second-order valence-corrected chi connectivity index (χ2v) is 8.16. The summed E-state index contributed by atoms with van der Waals surface area (Å²) in [5.74, 6) is 0.468. The summed E-state index contributed by atoms with van der Waals surface area (Å²) < 4.78 is 13.5. The van der Waals surface area contributed by atoms with E-state index >= 15 is 0 Å². The van der Waals surface area contributed by atoms with Crippen molar-refractivity contribution in [2.45, 2.75) is 32.0 Å². The van der Waals surface area contributed by atoms with Gasteiger partial charge in [0.1, 0.15) is 11.3 Å². The number of aryl methyl sites for hydroxylation is 2. The molecule has 2 saturated heterocycles. The Hall–Kier alpha value is -1.77. The minimum atomic E-state index is -0.186. The van der Waals surface area contributed by atoms with Crippen LogP contribution in [0.25, 0.3) is 0 Å². The molecule has 0 bridgehead atoms. The lowest BCUT2D eigenvalue weighted by Gasteiger charge is -2.50. The fourth-order valence-corrected chi connectivity index (χ4v) is 4.51. The second kappa shape index (κ2) is 7.09. The summed E-state index contributed by atoms with van der Waals surface area (Å²) in [6.07, 6.45) is 3.64. The van der Waals surface area contributed by atoms with Gasteiger partial charge >= 0.3 is 0 Å². The molecule has 1 spiro atoms. The first-order valence-corrected chi connectivity index (χ1v) is 9.85. The Balaban J connectivity index is 1.26. The lowest BCUT2D eigenvalue weighted by Crippen LogP contribution is -2.66. The van der Waals surface area contributed by atoms with Crippen molar-refractivity contribution < 1.29 is 14.3 Å². The van der Waals surface area contributed by atoms with Gasteiger partial charge in [-0.15, -0.1) is 11.3 Å². The van der Waals surface area contributed by atoms with Gasteiger partial charge in [0, 0.05) is 31.8 Å². The van der Waals surface area contributed by atoms with Crippen molar-refractivity contribution in [2.75, 3.05) is 26.3 Å².